The largest absolute Gasteiger partial charge is 0.456 e. The van der Waals surface area contributed by atoms with E-state index in [1.54, 1.807) is 6.07 Å². The highest BCUT2D eigenvalue weighted by Crippen LogP contribution is 2.48. The molecule has 10 aromatic rings. The van der Waals surface area contributed by atoms with Crippen LogP contribution in [0.15, 0.2) is 186 Å². The Morgan fingerprint density at radius 3 is 1.76 bits per heavy atom. The van der Waals surface area contributed by atoms with Crippen LogP contribution in [0.5, 0.6) is 0 Å². The molecular weight excluding hydrogens is 593 g/mol. The van der Waals surface area contributed by atoms with Gasteiger partial charge in [-0.3, -0.25) is 0 Å². The van der Waals surface area contributed by atoms with Crippen molar-refractivity contribution >= 4 is 54.3 Å². The molecule has 0 bridgehead atoms. The Kier molecular flexibility index (Phi) is 5.20. The summed E-state index contributed by atoms with van der Waals surface area (Å²) in [6, 6.07) is 51.2. The SMILES string of the molecule is [2H]c1c([2H])c([2H])c(-c2ccc3c(c2)oc2cccc(-c4c5ccccc5c(-c5cc(-c6ccccc6)c6ccccc6c5)c5ccccc45)c23)c([2H])c1[2H]. The number of hydrogen-bond donors (Lipinski definition) is 0. The molecule has 0 amide bonds. The van der Waals surface area contributed by atoms with Gasteiger partial charge < -0.3 is 4.42 Å². The summed E-state index contributed by atoms with van der Waals surface area (Å²) in [4.78, 5) is 0. The third-order valence-electron chi connectivity index (χ3n) is 9.72. The van der Waals surface area contributed by atoms with Crippen molar-refractivity contribution in [1.29, 1.82) is 0 Å². The van der Waals surface area contributed by atoms with Gasteiger partial charge >= 0.3 is 0 Å². The zero-order valence-electron chi connectivity index (χ0n) is 31.3. The van der Waals surface area contributed by atoms with E-state index in [1.807, 2.05) is 24.3 Å². The molecule has 228 valence electrons. The van der Waals surface area contributed by atoms with Crippen molar-refractivity contribution in [2.75, 3.05) is 0 Å². The maximum Gasteiger partial charge on any atom is 0.136 e. The van der Waals surface area contributed by atoms with Crippen LogP contribution in [0.1, 0.15) is 6.85 Å². The molecule has 0 spiro atoms. The summed E-state index contributed by atoms with van der Waals surface area (Å²) in [6.45, 7) is 0. The molecule has 0 saturated heterocycles. The molecule has 0 atom stereocenters. The van der Waals surface area contributed by atoms with E-state index in [4.69, 9.17) is 11.3 Å². The summed E-state index contributed by atoms with van der Waals surface area (Å²) < 4.78 is 48.1. The molecule has 1 heteroatoms. The molecule has 49 heavy (non-hydrogen) atoms. The average Bonchev–Trinajstić information content (AvgIpc) is 3.60. The zero-order valence-corrected chi connectivity index (χ0v) is 26.3. The van der Waals surface area contributed by atoms with Crippen molar-refractivity contribution in [3.8, 4) is 44.5 Å². The van der Waals surface area contributed by atoms with Crippen LogP contribution in [0.25, 0.3) is 98.8 Å². The fourth-order valence-electron chi connectivity index (χ4n) is 7.63. The van der Waals surface area contributed by atoms with E-state index in [-0.39, 0.29) is 29.7 Å². The Morgan fingerprint density at radius 2 is 1.02 bits per heavy atom. The molecule has 0 unspecified atom stereocenters. The molecule has 0 aliphatic carbocycles. The van der Waals surface area contributed by atoms with Crippen LogP contribution in [0, 0.1) is 0 Å². The standard InChI is InChI=1S/C48H30O/c1-3-14-31(15-4-1)33-26-27-41-45(30-33)49-44-25-13-24-42(48(41)44)47-39-22-11-9-20-37(39)46(38-21-10-12-23-40(38)47)35-28-34-18-7-8-19-36(34)43(29-35)32-16-5-2-6-17-32/h1-30H/i1D,3D,4D,14D,15D. The van der Waals surface area contributed by atoms with E-state index in [9.17, 15) is 0 Å². The first-order valence-electron chi connectivity index (χ1n) is 18.9. The quantitative estimate of drug-likeness (QED) is 0.177. The van der Waals surface area contributed by atoms with Gasteiger partial charge in [0, 0.05) is 10.8 Å². The van der Waals surface area contributed by atoms with E-state index in [0.29, 0.717) is 16.7 Å². The van der Waals surface area contributed by atoms with Crippen molar-refractivity contribution in [3.05, 3.63) is 182 Å². The second kappa shape index (κ2) is 11.1. The van der Waals surface area contributed by atoms with Gasteiger partial charge in [0.25, 0.3) is 0 Å². The average molecular weight is 628 g/mol. The second-order valence-electron chi connectivity index (χ2n) is 12.4. The van der Waals surface area contributed by atoms with Crippen LogP contribution in [0.3, 0.4) is 0 Å². The minimum atomic E-state index is -0.411. The van der Waals surface area contributed by atoms with Gasteiger partial charge in [-0.05, 0) is 107 Å². The van der Waals surface area contributed by atoms with Gasteiger partial charge in [-0.2, -0.15) is 0 Å². The van der Waals surface area contributed by atoms with Gasteiger partial charge in [0.1, 0.15) is 11.2 Å². The molecule has 9 aromatic carbocycles. The third-order valence-corrected chi connectivity index (χ3v) is 9.72. The van der Waals surface area contributed by atoms with E-state index in [0.717, 1.165) is 49.0 Å². The lowest BCUT2D eigenvalue weighted by Crippen LogP contribution is -1.92. The first-order valence-corrected chi connectivity index (χ1v) is 16.4. The molecule has 10 rings (SSSR count). The molecule has 1 heterocycles. The molecule has 0 radical (unpaired) electrons. The molecular formula is C48H30O. The molecule has 0 saturated carbocycles. The first-order chi connectivity index (χ1) is 26.4. The van der Waals surface area contributed by atoms with Gasteiger partial charge in [0.15, 0.2) is 0 Å². The molecule has 0 aliphatic heterocycles. The summed E-state index contributed by atoms with van der Waals surface area (Å²) in [5.74, 6) is 0. The smallest absolute Gasteiger partial charge is 0.136 e. The summed E-state index contributed by atoms with van der Waals surface area (Å²) in [5.41, 5.74) is 8.79. The lowest BCUT2D eigenvalue weighted by Gasteiger charge is -2.19. The fourth-order valence-corrected chi connectivity index (χ4v) is 7.63. The maximum absolute atomic E-state index is 8.56. The maximum atomic E-state index is 8.56. The Bertz CT molecular complexity index is 3080. The number of rotatable bonds is 4. The fraction of sp³-hybridized carbons (Fsp3) is 0. The highest BCUT2D eigenvalue weighted by atomic mass is 16.3. The molecule has 0 N–H and O–H groups in total. The van der Waals surface area contributed by atoms with Crippen LogP contribution in [-0.4, -0.2) is 0 Å². The van der Waals surface area contributed by atoms with Crippen molar-refractivity contribution < 1.29 is 11.3 Å². The predicted octanol–water partition coefficient (Wildman–Crippen LogP) is 13.7. The van der Waals surface area contributed by atoms with Gasteiger partial charge in [-0.15, -0.1) is 0 Å². The van der Waals surface area contributed by atoms with Gasteiger partial charge in [-0.25, -0.2) is 0 Å². The number of benzene rings is 9. The Hall–Kier alpha value is -6.44. The second-order valence-corrected chi connectivity index (χ2v) is 12.4. The Labute approximate surface area is 291 Å². The predicted molar refractivity (Wildman–Crippen MR) is 208 cm³/mol. The van der Waals surface area contributed by atoms with Gasteiger partial charge in [0.2, 0.25) is 0 Å². The van der Waals surface area contributed by atoms with Gasteiger partial charge in [-0.1, -0.05) is 152 Å². The van der Waals surface area contributed by atoms with Crippen LogP contribution < -0.4 is 0 Å². The normalized spacial score (nSPS) is 13.1. The lowest BCUT2D eigenvalue weighted by atomic mass is 9.83. The summed E-state index contributed by atoms with van der Waals surface area (Å²) in [5, 5.41) is 8.78. The highest BCUT2D eigenvalue weighted by molar-refractivity contribution is 6.26. The summed E-state index contributed by atoms with van der Waals surface area (Å²) in [6.07, 6.45) is 0. The number of fused-ring (bicyclic) bond motifs is 6. The van der Waals surface area contributed by atoms with Crippen LogP contribution >= 0.6 is 0 Å². The molecule has 0 aliphatic rings. The van der Waals surface area contributed by atoms with Crippen molar-refractivity contribution in [3.63, 3.8) is 0 Å². The minimum Gasteiger partial charge on any atom is -0.456 e. The van der Waals surface area contributed by atoms with Crippen molar-refractivity contribution in [2.24, 2.45) is 0 Å². The zero-order chi connectivity index (χ0) is 36.7. The Balaban J connectivity index is 1.25. The number of hydrogen-bond acceptors (Lipinski definition) is 1. The minimum absolute atomic E-state index is 0.153. The van der Waals surface area contributed by atoms with E-state index in [1.165, 1.54) is 27.5 Å². The van der Waals surface area contributed by atoms with E-state index < -0.39 is 6.04 Å². The lowest BCUT2D eigenvalue weighted by molar-refractivity contribution is 0.669. The van der Waals surface area contributed by atoms with Crippen LogP contribution in [0.2, 0.25) is 0 Å². The Morgan fingerprint density at radius 1 is 0.367 bits per heavy atom. The van der Waals surface area contributed by atoms with Crippen LogP contribution in [-0.2, 0) is 0 Å². The first kappa shape index (κ1) is 23.0. The third kappa shape index (κ3) is 4.40. The van der Waals surface area contributed by atoms with Crippen molar-refractivity contribution in [2.45, 2.75) is 0 Å². The highest BCUT2D eigenvalue weighted by Gasteiger charge is 2.21. The molecule has 0 fully saturated rings. The molecule has 1 nitrogen and oxygen atoms in total. The summed E-state index contributed by atoms with van der Waals surface area (Å²) >= 11 is 0. The van der Waals surface area contributed by atoms with Gasteiger partial charge in [0.05, 0.1) is 6.85 Å². The monoisotopic (exact) mass is 627 g/mol. The topological polar surface area (TPSA) is 13.1 Å². The number of furan rings is 1. The summed E-state index contributed by atoms with van der Waals surface area (Å²) in [7, 11) is 0. The van der Waals surface area contributed by atoms with Crippen LogP contribution in [0.4, 0.5) is 0 Å². The van der Waals surface area contributed by atoms with E-state index in [2.05, 4.69) is 121 Å². The van der Waals surface area contributed by atoms with Crippen molar-refractivity contribution in [1.82, 2.24) is 0 Å². The molecule has 1 aromatic heterocycles. The van der Waals surface area contributed by atoms with E-state index >= 15 is 0 Å².